The van der Waals surface area contributed by atoms with E-state index in [2.05, 4.69) is 10.3 Å². The molecule has 1 aliphatic heterocycles. The largest absolute Gasteiger partial charge is 0.322 e. The SMILES string of the molecule is O=C(Nc1nc2ccc(Cl)cc2s1)[C@H](CC1CCCCC1)N1Cc2cc(Cl)c(Cl)cc2C1=O. The summed E-state index contributed by atoms with van der Waals surface area (Å²) in [7, 11) is 0. The molecule has 1 atom stereocenters. The molecule has 172 valence electrons. The molecule has 0 radical (unpaired) electrons. The fourth-order valence-corrected chi connectivity index (χ4v) is 6.33. The molecule has 0 saturated heterocycles. The van der Waals surface area contributed by atoms with Crippen molar-refractivity contribution in [3.05, 3.63) is 56.5 Å². The van der Waals surface area contributed by atoms with Crippen molar-refractivity contribution in [2.45, 2.75) is 51.1 Å². The van der Waals surface area contributed by atoms with Gasteiger partial charge >= 0.3 is 0 Å². The number of hydrogen-bond acceptors (Lipinski definition) is 4. The highest BCUT2D eigenvalue weighted by Crippen LogP contribution is 2.36. The van der Waals surface area contributed by atoms with Crippen molar-refractivity contribution >= 4 is 73.3 Å². The predicted octanol–water partition coefficient (Wildman–Crippen LogP) is 7.19. The van der Waals surface area contributed by atoms with Crippen LogP contribution in [0.4, 0.5) is 5.13 Å². The average Bonchev–Trinajstić information content (AvgIpc) is 3.33. The van der Waals surface area contributed by atoms with Crippen LogP contribution in [-0.2, 0) is 11.3 Å². The fourth-order valence-electron chi connectivity index (χ4n) is 4.83. The number of aromatic nitrogens is 1. The van der Waals surface area contributed by atoms with Gasteiger partial charge in [0, 0.05) is 17.1 Å². The summed E-state index contributed by atoms with van der Waals surface area (Å²) in [6, 6.07) is 8.17. The van der Waals surface area contributed by atoms with Gasteiger partial charge in [0.05, 0.1) is 20.3 Å². The van der Waals surface area contributed by atoms with Crippen molar-refractivity contribution < 1.29 is 9.59 Å². The summed E-state index contributed by atoms with van der Waals surface area (Å²) in [5, 5.41) is 4.84. The second kappa shape index (κ2) is 9.41. The van der Waals surface area contributed by atoms with Crippen LogP contribution in [0.3, 0.4) is 0 Å². The van der Waals surface area contributed by atoms with E-state index < -0.39 is 6.04 Å². The van der Waals surface area contributed by atoms with Gasteiger partial charge in [0.1, 0.15) is 6.04 Å². The molecule has 0 bridgehead atoms. The van der Waals surface area contributed by atoms with Crippen molar-refractivity contribution in [3.63, 3.8) is 0 Å². The topological polar surface area (TPSA) is 62.3 Å². The van der Waals surface area contributed by atoms with Gasteiger partial charge in [-0.25, -0.2) is 4.98 Å². The second-order valence-electron chi connectivity index (χ2n) is 8.73. The molecule has 1 saturated carbocycles. The standard InChI is InChI=1S/C24H22Cl3N3O2S/c25-15-6-7-19-21(10-15)33-24(28-19)29-22(31)20(8-13-4-2-1-3-5-13)30-12-14-9-17(26)18(27)11-16(14)23(30)32/h6-7,9-11,13,20H,1-5,8,12H2,(H,28,29,31)/t20-/m0/s1. The molecule has 1 N–H and O–H groups in total. The minimum absolute atomic E-state index is 0.185. The molecule has 2 amide bonds. The molecular weight excluding hydrogens is 501 g/mol. The van der Waals surface area contributed by atoms with E-state index in [0.29, 0.717) is 44.6 Å². The van der Waals surface area contributed by atoms with E-state index in [9.17, 15) is 9.59 Å². The van der Waals surface area contributed by atoms with E-state index in [1.807, 2.05) is 12.1 Å². The van der Waals surface area contributed by atoms with Crippen LogP contribution in [0.5, 0.6) is 0 Å². The zero-order valence-electron chi connectivity index (χ0n) is 17.7. The number of amides is 2. The molecule has 33 heavy (non-hydrogen) atoms. The number of nitrogens with zero attached hydrogens (tertiary/aromatic N) is 2. The number of fused-ring (bicyclic) bond motifs is 2. The van der Waals surface area contributed by atoms with Crippen molar-refractivity contribution in [2.24, 2.45) is 5.92 Å². The van der Waals surface area contributed by atoms with E-state index >= 15 is 0 Å². The zero-order chi connectivity index (χ0) is 23.1. The maximum absolute atomic E-state index is 13.5. The normalized spacial score (nSPS) is 17.4. The van der Waals surface area contributed by atoms with Gasteiger partial charge in [-0.05, 0) is 48.2 Å². The van der Waals surface area contributed by atoms with E-state index in [4.69, 9.17) is 34.8 Å². The minimum atomic E-state index is -0.596. The lowest BCUT2D eigenvalue weighted by atomic mass is 9.84. The fraction of sp³-hybridized carbons (Fsp3) is 0.375. The predicted molar refractivity (Wildman–Crippen MR) is 135 cm³/mol. The molecule has 0 spiro atoms. The Hall–Kier alpha value is -1.86. The first kappa shape index (κ1) is 22.9. The van der Waals surface area contributed by atoms with Crippen molar-refractivity contribution in [3.8, 4) is 0 Å². The number of hydrogen-bond donors (Lipinski definition) is 1. The van der Waals surface area contributed by atoms with Gasteiger partial charge in [0.15, 0.2) is 5.13 Å². The third-order valence-electron chi connectivity index (χ3n) is 6.52. The van der Waals surface area contributed by atoms with E-state index in [-0.39, 0.29) is 11.8 Å². The highest BCUT2D eigenvalue weighted by Gasteiger charge is 2.38. The van der Waals surface area contributed by atoms with Gasteiger partial charge in [0.2, 0.25) is 5.91 Å². The molecule has 3 aromatic rings. The number of carbonyl (C=O) groups is 2. The Bertz CT molecular complexity index is 1240. The lowest BCUT2D eigenvalue weighted by Crippen LogP contribution is -2.45. The monoisotopic (exact) mass is 521 g/mol. The minimum Gasteiger partial charge on any atom is -0.322 e. The summed E-state index contributed by atoms with van der Waals surface area (Å²) in [5.41, 5.74) is 2.09. The van der Waals surface area contributed by atoms with Gasteiger partial charge in [-0.2, -0.15) is 0 Å². The second-order valence-corrected chi connectivity index (χ2v) is 11.0. The van der Waals surface area contributed by atoms with Crippen molar-refractivity contribution in [2.75, 3.05) is 5.32 Å². The van der Waals surface area contributed by atoms with Crippen LogP contribution >= 0.6 is 46.1 Å². The summed E-state index contributed by atoms with van der Waals surface area (Å²) >= 11 is 19.8. The molecule has 2 heterocycles. The molecule has 0 unspecified atom stereocenters. The number of anilines is 1. The first-order chi connectivity index (χ1) is 15.9. The Morgan fingerprint density at radius 1 is 1.12 bits per heavy atom. The molecule has 2 aliphatic rings. The van der Waals surface area contributed by atoms with Crippen molar-refractivity contribution in [1.29, 1.82) is 0 Å². The first-order valence-corrected chi connectivity index (χ1v) is 13.0. The Morgan fingerprint density at radius 3 is 2.67 bits per heavy atom. The number of rotatable bonds is 5. The summed E-state index contributed by atoms with van der Waals surface area (Å²) in [5.74, 6) is 0.00652. The highest BCUT2D eigenvalue weighted by molar-refractivity contribution is 7.22. The molecule has 5 rings (SSSR count). The Kier molecular flexibility index (Phi) is 6.54. The van der Waals surface area contributed by atoms with Gasteiger partial charge in [-0.1, -0.05) is 78.2 Å². The summed E-state index contributed by atoms with van der Waals surface area (Å²) in [6.07, 6.45) is 6.34. The smallest absolute Gasteiger partial charge is 0.255 e. The van der Waals surface area contributed by atoms with Crippen LogP contribution in [0.25, 0.3) is 10.2 Å². The van der Waals surface area contributed by atoms with Crippen LogP contribution in [0.1, 0.15) is 54.4 Å². The molecule has 1 aromatic heterocycles. The molecular formula is C24H22Cl3N3O2S. The number of halogens is 3. The molecule has 5 nitrogen and oxygen atoms in total. The average molecular weight is 523 g/mol. The molecule has 1 aliphatic carbocycles. The summed E-state index contributed by atoms with van der Waals surface area (Å²) in [6.45, 7) is 0.339. The van der Waals surface area contributed by atoms with Gasteiger partial charge in [0.25, 0.3) is 5.91 Å². The number of thiazole rings is 1. The zero-order valence-corrected chi connectivity index (χ0v) is 20.8. The lowest BCUT2D eigenvalue weighted by Gasteiger charge is -2.31. The number of benzene rings is 2. The summed E-state index contributed by atoms with van der Waals surface area (Å²) in [4.78, 5) is 33.0. The van der Waals surface area contributed by atoms with Gasteiger partial charge in [-0.3, -0.25) is 9.59 Å². The third-order valence-corrected chi connectivity index (χ3v) is 8.41. The maximum atomic E-state index is 13.5. The lowest BCUT2D eigenvalue weighted by molar-refractivity contribution is -0.121. The molecule has 9 heteroatoms. The third kappa shape index (κ3) is 4.72. The van der Waals surface area contributed by atoms with E-state index in [1.165, 1.54) is 17.8 Å². The van der Waals surface area contributed by atoms with Crippen LogP contribution in [-0.4, -0.2) is 27.7 Å². The van der Waals surface area contributed by atoms with Crippen LogP contribution in [0, 0.1) is 5.92 Å². The number of nitrogens with one attached hydrogen (secondary N) is 1. The van der Waals surface area contributed by atoms with Crippen LogP contribution < -0.4 is 5.32 Å². The Morgan fingerprint density at radius 2 is 1.88 bits per heavy atom. The van der Waals surface area contributed by atoms with E-state index in [0.717, 1.165) is 41.5 Å². The Balaban J connectivity index is 1.42. The maximum Gasteiger partial charge on any atom is 0.255 e. The first-order valence-electron chi connectivity index (χ1n) is 11.0. The van der Waals surface area contributed by atoms with Gasteiger partial charge in [-0.15, -0.1) is 0 Å². The van der Waals surface area contributed by atoms with Crippen molar-refractivity contribution in [1.82, 2.24) is 9.88 Å². The highest BCUT2D eigenvalue weighted by atomic mass is 35.5. The van der Waals surface area contributed by atoms with Crippen LogP contribution in [0.15, 0.2) is 30.3 Å². The summed E-state index contributed by atoms with van der Waals surface area (Å²) < 4.78 is 0.899. The molecule has 2 aromatic carbocycles. The molecule has 1 fully saturated rings. The number of carbonyl (C=O) groups excluding carboxylic acids is 2. The van der Waals surface area contributed by atoms with E-state index in [1.54, 1.807) is 23.1 Å². The quantitative estimate of drug-likeness (QED) is 0.386. The van der Waals surface area contributed by atoms with Gasteiger partial charge < -0.3 is 10.2 Å². The van der Waals surface area contributed by atoms with Crippen LogP contribution in [0.2, 0.25) is 15.1 Å². The Labute approximate surface area is 211 Å².